The molecule has 0 saturated carbocycles. The van der Waals surface area contributed by atoms with Crippen molar-refractivity contribution in [1.82, 2.24) is 4.90 Å². The molecule has 0 radical (unpaired) electrons. The number of nitrogens with two attached hydrogens (primary N) is 1. The van der Waals surface area contributed by atoms with Crippen molar-refractivity contribution in [1.29, 1.82) is 0 Å². The lowest BCUT2D eigenvalue weighted by Crippen LogP contribution is -2.30. The summed E-state index contributed by atoms with van der Waals surface area (Å²) in [6.45, 7) is 0.833. The van der Waals surface area contributed by atoms with Crippen LogP contribution in [-0.2, 0) is 6.54 Å². The van der Waals surface area contributed by atoms with E-state index < -0.39 is 0 Å². The Kier molecular flexibility index (Phi) is 5.59. The summed E-state index contributed by atoms with van der Waals surface area (Å²) < 4.78 is 13.8. The predicted octanol–water partition coefficient (Wildman–Crippen LogP) is 4.26. The second kappa shape index (κ2) is 7.23. The van der Waals surface area contributed by atoms with E-state index in [1.165, 1.54) is 6.07 Å². The van der Waals surface area contributed by atoms with Gasteiger partial charge >= 0.3 is 0 Å². The Balaban J connectivity index is 2.22. The summed E-state index contributed by atoms with van der Waals surface area (Å²) in [5, 5.41) is 1.15. The zero-order chi connectivity index (χ0) is 15.4. The maximum atomic E-state index is 13.8. The van der Waals surface area contributed by atoms with Gasteiger partial charge in [-0.05, 0) is 30.8 Å². The van der Waals surface area contributed by atoms with Crippen molar-refractivity contribution in [3.63, 3.8) is 0 Å². The molecular formula is C16H17Cl2FN2. The largest absolute Gasteiger partial charge is 0.329 e. The van der Waals surface area contributed by atoms with Gasteiger partial charge in [-0.1, -0.05) is 47.5 Å². The Labute approximate surface area is 134 Å². The lowest BCUT2D eigenvalue weighted by Gasteiger charge is -2.28. The first kappa shape index (κ1) is 16.2. The van der Waals surface area contributed by atoms with Gasteiger partial charge in [0, 0.05) is 34.7 Å². The number of hydrogen-bond acceptors (Lipinski definition) is 2. The fourth-order valence-electron chi connectivity index (χ4n) is 2.32. The van der Waals surface area contributed by atoms with Crippen molar-refractivity contribution in [3.05, 3.63) is 69.5 Å². The topological polar surface area (TPSA) is 29.3 Å². The smallest absolute Gasteiger partial charge is 0.127 e. The Bertz CT molecular complexity index is 619. The van der Waals surface area contributed by atoms with Gasteiger partial charge < -0.3 is 5.73 Å². The molecule has 2 aromatic rings. The molecule has 0 bridgehead atoms. The van der Waals surface area contributed by atoms with Crippen molar-refractivity contribution in [2.45, 2.75) is 12.6 Å². The first-order chi connectivity index (χ1) is 10.0. The van der Waals surface area contributed by atoms with Crippen LogP contribution in [0.2, 0.25) is 10.0 Å². The number of likely N-dealkylation sites (N-methyl/N-ethyl adjacent to an activating group) is 1. The maximum absolute atomic E-state index is 13.8. The van der Waals surface area contributed by atoms with Crippen LogP contribution >= 0.6 is 23.2 Å². The van der Waals surface area contributed by atoms with E-state index in [1.54, 1.807) is 24.3 Å². The third-order valence-corrected chi connectivity index (χ3v) is 4.02. The minimum atomic E-state index is -0.220. The standard InChI is InChI=1S/C16H17Cl2FN2/c1-21(10-11-4-2-3-5-15(11)19)16(9-20)13-7-6-12(17)8-14(13)18/h2-8,16H,9-10,20H2,1H3. The molecule has 0 saturated heterocycles. The lowest BCUT2D eigenvalue weighted by atomic mass is 10.0. The SMILES string of the molecule is CN(Cc1ccccc1F)C(CN)c1ccc(Cl)cc1Cl. The van der Waals surface area contributed by atoms with Crippen LogP contribution in [0.3, 0.4) is 0 Å². The highest BCUT2D eigenvalue weighted by Crippen LogP contribution is 2.29. The van der Waals surface area contributed by atoms with Gasteiger partial charge in [-0.15, -0.1) is 0 Å². The molecule has 0 aliphatic rings. The average Bonchev–Trinajstić information content (AvgIpc) is 2.44. The fourth-order valence-corrected chi connectivity index (χ4v) is 2.86. The molecule has 0 heterocycles. The van der Waals surface area contributed by atoms with E-state index in [1.807, 2.05) is 24.1 Å². The summed E-state index contributed by atoms with van der Waals surface area (Å²) in [5.41, 5.74) is 7.40. The van der Waals surface area contributed by atoms with Crippen molar-refractivity contribution in [2.75, 3.05) is 13.6 Å². The summed E-state index contributed by atoms with van der Waals surface area (Å²) in [7, 11) is 1.90. The van der Waals surface area contributed by atoms with Crippen LogP contribution in [0.15, 0.2) is 42.5 Å². The summed E-state index contributed by atoms with van der Waals surface area (Å²) in [6.07, 6.45) is 0. The molecule has 0 fully saturated rings. The zero-order valence-electron chi connectivity index (χ0n) is 11.7. The van der Waals surface area contributed by atoms with Crippen LogP contribution in [0.25, 0.3) is 0 Å². The first-order valence-electron chi connectivity index (χ1n) is 6.61. The van der Waals surface area contributed by atoms with Crippen LogP contribution in [0.1, 0.15) is 17.2 Å². The fraction of sp³-hybridized carbons (Fsp3) is 0.250. The van der Waals surface area contributed by atoms with Gasteiger partial charge in [0.15, 0.2) is 0 Å². The molecule has 0 aliphatic heterocycles. The molecule has 0 amide bonds. The first-order valence-corrected chi connectivity index (χ1v) is 7.37. The van der Waals surface area contributed by atoms with E-state index in [0.717, 1.165) is 5.56 Å². The van der Waals surface area contributed by atoms with Crippen LogP contribution in [-0.4, -0.2) is 18.5 Å². The molecule has 0 aromatic heterocycles. The van der Waals surface area contributed by atoms with Crippen molar-refractivity contribution in [2.24, 2.45) is 5.73 Å². The maximum Gasteiger partial charge on any atom is 0.127 e. The third kappa shape index (κ3) is 3.95. The summed E-state index contributed by atoms with van der Waals surface area (Å²) in [5.74, 6) is -0.220. The number of rotatable bonds is 5. The quantitative estimate of drug-likeness (QED) is 0.889. The molecule has 0 spiro atoms. The van der Waals surface area contributed by atoms with E-state index in [4.69, 9.17) is 28.9 Å². The Morgan fingerprint density at radius 3 is 2.52 bits per heavy atom. The third-order valence-electron chi connectivity index (χ3n) is 3.45. The Morgan fingerprint density at radius 2 is 1.90 bits per heavy atom. The molecular weight excluding hydrogens is 310 g/mol. The predicted molar refractivity (Wildman–Crippen MR) is 86.1 cm³/mol. The Morgan fingerprint density at radius 1 is 1.19 bits per heavy atom. The highest BCUT2D eigenvalue weighted by atomic mass is 35.5. The van der Waals surface area contributed by atoms with Crippen LogP contribution < -0.4 is 5.73 Å². The number of halogens is 3. The molecule has 112 valence electrons. The highest BCUT2D eigenvalue weighted by molar-refractivity contribution is 6.35. The lowest BCUT2D eigenvalue weighted by molar-refractivity contribution is 0.238. The van der Waals surface area contributed by atoms with Crippen molar-refractivity contribution >= 4 is 23.2 Å². The molecule has 5 heteroatoms. The molecule has 2 nitrogen and oxygen atoms in total. The van der Waals surface area contributed by atoms with Gasteiger partial charge in [-0.3, -0.25) is 4.90 Å². The van der Waals surface area contributed by atoms with Crippen LogP contribution in [0.5, 0.6) is 0 Å². The Hall–Kier alpha value is -1.13. The average molecular weight is 327 g/mol. The minimum Gasteiger partial charge on any atom is -0.329 e. The van der Waals surface area contributed by atoms with Gasteiger partial charge in [-0.25, -0.2) is 4.39 Å². The van der Waals surface area contributed by atoms with Crippen molar-refractivity contribution < 1.29 is 4.39 Å². The van der Waals surface area contributed by atoms with E-state index in [9.17, 15) is 4.39 Å². The normalized spacial score (nSPS) is 12.7. The number of hydrogen-bond donors (Lipinski definition) is 1. The van der Waals surface area contributed by atoms with E-state index >= 15 is 0 Å². The molecule has 2 rings (SSSR count). The van der Waals surface area contributed by atoms with Crippen LogP contribution in [0.4, 0.5) is 4.39 Å². The molecule has 2 aromatic carbocycles. The summed E-state index contributed by atoms with van der Waals surface area (Å²) >= 11 is 12.2. The summed E-state index contributed by atoms with van der Waals surface area (Å²) in [4.78, 5) is 1.98. The van der Waals surface area contributed by atoms with Gasteiger partial charge in [0.1, 0.15) is 5.82 Å². The summed E-state index contributed by atoms with van der Waals surface area (Å²) in [6, 6.07) is 11.9. The molecule has 0 aliphatic carbocycles. The molecule has 1 unspecified atom stereocenters. The van der Waals surface area contributed by atoms with Gasteiger partial charge in [-0.2, -0.15) is 0 Å². The zero-order valence-corrected chi connectivity index (χ0v) is 13.2. The monoisotopic (exact) mass is 326 g/mol. The van der Waals surface area contributed by atoms with Gasteiger partial charge in [0.05, 0.1) is 0 Å². The van der Waals surface area contributed by atoms with Crippen molar-refractivity contribution in [3.8, 4) is 0 Å². The highest BCUT2D eigenvalue weighted by Gasteiger charge is 2.19. The van der Waals surface area contributed by atoms with E-state index in [2.05, 4.69) is 0 Å². The minimum absolute atomic E-state index is 0.102. The van der Waals surface area contributed by atoms with Crippen LogP contribution in [0, 0.1) is 5.82 Å². The van der Waals surface area contributed by atoms with E-state index in [0.29, 0.717) is 28.7 Å². The van der Waals surface area contributed by atoms with Gasteiger partial charge in [0.2, 0.25) is 0 Å². The molecule has 2 N–H and O–H groups in total. The second-order valence-electron chi connectivity index (χ2n) is 4.92. The second-order valence-corrected chi connectivity index (χ2v) is 5.77. The number of benzene rings is 2. The molecule has 1 atom stereocenters. The molecule has 21 heavy (non-hydrogen) atoms. The van der Waals surface area contributed by atoms with E-state index in [-0.39, 0.29) is 11.9 Å². The van der Waals surface area contributed by atoms with Gasteiger partial charge in [0.25, 0.3) is 0 Å². The number of nitrogens with zero attached hydrogens (tertiary/aromatic N) is 1.